The lowest BCUT2D eigenvalue weighted by Gasteiger charge is -2.25. The number of nitrogen functional groups attached to an aromatic ring is 1. The predicted octanol–water partition coefficient (Wildman–Crippen LogP) is -3.70. The summed E-state index contributed by atoms with van der Waals surface area (Å²) in [7, 11) is 0. The number of rotatable bonds is 25. The van der Waals surface area contributed by atoms with Crippen LogP contribution in [0.25, 0.3) is 0 Å². The lowest BCUT2D eigenvalue weighted by Crippen LogP contribution is -2.59. The van der Waals surface area contributed by atoms with Crippen LogP contribution in [0.4, 0.5) is 0 Å². The van der Waals surface area contributed by atoms with E-state index in [2.05, 4.69) is 32.1 Å². The van der Waals surface area contributed by atoms with Crippen molar-refractivity contribution in [2.24, 2.45) is 34.4 Å². The third kappa shape index (κ3) is 16.2. The number of carbonyl (C=O) groups excluding carboxylic acids is 5. The van der Waals surface area contributed by atoms with Crippen LogP contribution in [0.5, 0.6) is 0 Å². The van der Waals surface area contributed by atoms with Gasteiger partial charge in [-0.2, -0.15) is 0 Å². The highest BCUT2D eigenvalue weighted by molar-refractivity contribution is 6.39. The van der Waals surface area contributed by atoms with Gasteiger partial charge in [0.15, 0.2) is 0 Å². The summed E-state index contributed by atoms with van der Waals surface area (Å²) in [5.41, 5.74) is 40.6. The number of hydrogen-bond donors (Lipinski definition) is 13. The molecule has 0 aliphatic heterocycles. The number of ketones is 2. The van der Waals surface area contributed by atoms with Crippen molar-refractivity contribution in [3.8, 4) is 0 Å². The largest absolute Gasteiger partial charge is 0.384 e. The van der Waals surface area contributed by atoms with Crippen LogP contribution in [0.3, 0.4) is 0 Å². The molecule has 0 saturated carbocycles. The van der Waals surface area contributed by atoms with E-state index in [1.54, 1.807) is 54.6 Å². The molecule has 0 unspecified atom stereocenters. The van der Waals surface area contributed by atoms with E-state index in [1.807, 2.05) is 0 Å². The second-order valence-corrected chi connectivity index (χ2v) is 11.6. The monoisotopic (exact) mass is 697 g/mol. The van der Waals surface area contributed by atoms with Gasteiger partial charge in [-0.05, 0) is 49.9 Å². The summed E-state index contributed by atoms with van der Waals surface area (Å²) in [5, 5.41) is 18.6. The molecule has 274 valence electrons. The van der Waals surface area contributed by atoms with Crippen molar-refractivity contribution in [3.05, 3.63) is 71.3 Å². The lowest BCUT2D eigenvalue weighted by molar-refractivity contribution is -0.139. The summed E-state index contributed by atoms with van der Waals surface area (Å²) in [4.78, 5) is 65.0. The molecule has 2 aromatic carbocycles. The Balaban J connectivity index is 2.17. The van der Waals surface area contributed by atoms with Crippen molar-refractivity contribution in [2.45, 2.75) is 75.8 Å². The van der Waals surface area contributed by atoms with Gasteiger partial charge >= 0.3 is 0 Å². The SMILES string of the molecule is N=C(N)c1ccc(CNC(=O)[C@H](CCCNC(N)N)NN[C@@H](CC(N)=O)C(=O)N[C@@H](CCCNC(N)N)C(=O)C(=O)Cc2ccccc2)cc1. The molecule has 18 heteroatoms. The van der Waals surface area contributed by atoms with Crippen molar-refractivity contribution in [2.75, 3.05) is 13.1 Å². The van der Waals surface area contributed by atoms with E-state index >= 15 is 0 Å². The molecule has 3 atom stereocenters. The van der Waals surface area contributed by atoms with E-state index in [9.17, 15) is 24.0 Å². The van der Waals surface area contributed by atoms with E-state index in [4.69, 9.17) is 39.8 Å². The summed E-state index contributed by atoms with van der Waals surface area (Å²) >= 11 is 0. The maximum Gasteiger partial charge on any atom is 0.239 e. The van der Waals surface area contributed by atoms with Crippen molar-refractivity contribution in [1.82, 2.24) is 32.1 Å². The molecule has 0 aliphatic carbocycles. The molecule has 2 rings (SSSR count). The molecule has 3 amide bonds. The Morgan fingerprint density at radius 1 is 0.680 bits per heavy atom. The molecule has 0 fully saturated rings. The number of primary amides is 1. The van der Waals surface area contributed by atoms with Gasteiger partial charge in [-0.1, -0.05) is 54.6 Å². The number of hydrazine groups is 1. The molecule has 0 aliphatic rings. The van der Waals surface area contributed by atoms with E-state index < -0.39 is 66.4 Å². The second-order valence-electron chi connectivity index (χ2n) is 11.6. The quantitative estimate of drug-likeness (QED) is 0.0119. The smallest absolute Gasteiger partial charge is 0.239 e. The molecule has 18 nitrogen and oxygen atoms in total. The van der Waals surface area contributed by atoms with Crippen molar-refractivity contribution in [1.29, 1.82) is 5.41 Å². The minimum absolute atomic E-state index is 0.0657. The van der Waals surface area contributed by atoms with Crippen LogP contribution in [0, 0.1) is 5.41 Å². The first-order chi connectivity index (χ1) is 23.8. The Morgan fingerprint density at radius 2 is 1.24 bits per heavy atom. The van der Waals surface area contributed by atoms with Crippen molar-refractivity contribution in [3.63, 3.8) is 0 Å². The summed E-state index contributed by atoms with van der Waals surface area (Å²) in [5.74, 6) is -3.68. The van der Waals surface area contributed by atoms with Gasteiger partial charge in [0.1, 0.15) is 24.5 Å². The number of amidine groups is 1. The van der Waals surface area contributed by atoms with Crippen molar-refractivity contribution < 1.29 is 24.0 Å². The average Bonchev–Trinajstić information content (AvgIpc) is 3.07. The summed E-state index contributed by atoms with van der Waals surface area (Å²) < 4.78 is 0. The molecule has 2 aromatic rings. The minimum Gasteiger partial charge on any atom is -0.384 e. The molecule has 0 bridgehead atoms. The minimum atomic E-state index is -1.33. The molecule has 0 radical (unpaired) electrons. The molecule has 0 spiro atoms. The molecule has 19 N–H and O–H groups in total. The first-order valence-corrected chi connectivity index (χ1v) is 16.2. The third-order valence-electron chi connectivity index (χ3n) is 7.42. The molecule has 0 aromatic heterocycles. The molecular weight excluding hydrogens is 646 g/mol. The molecule has 0 heterocycles. The third-order valence-corrected chi connectivity index (χ3v) is 7.42. The Bertz CT molecular complexity index is 1410. The number of amides is 3. The van der Waals surface area contributed by atoms with Crippen molar-refractivity contribution >= 4 is 35.1 Å². The zero-order chi connectivity index (χ0) is 37.1. The molecule has 0 saturated heterocycles. The Kier molecular flexibility index (Phi) is 18.4. The maximum absolute atomic E-state index is 13.5. The van der Waals surface area contributed by atoms with E-state index in [0.29, 0.717) is 37.1 Å². The Morgan fingerprint density at radius 3 is 1.78 bits per heavy atom. The average molecular weight is 698 g/mol. The summed E-state index contributed by atoms with van der Waals surface area (Å²) in [6.45, 7) is 0.832. The summed E-state index contributed by atoms with van der Waals surface area (Å²) in [6, 6.07) is 12.0. The zero-order valence-corrected chi connectivity index (χ0v) is 28.0. The fourth-order valence-electron chi connectivity index (χ4n) is 4.75. The second kappa shape index (κ2) is 22.1. The summed E-state index contributed by atoms with van der Waals surface area (Å²) in [6.07, 6.45) is -1.13. The number of nitrogens with one attached hydrogen (secondary N) is 7. The number of nitrogens with two attached hydrogens (primary N) is 6. The van der Waals surface area contributed by atoms with Crippen LogP contribution in [0.2, 0.25) is 0 Å². The maximum atomic E-state index is 13.5. The normalized spacial score (nSPS) is 13.0. The number of hydrogen-bond acceptors (Lipinski definition) is 14. The number of benzene rings is 2. The Labute approximate surface area is 291 Å². The van der Waals surface area contributed by atoms with Crippen LogP contribution in [0.1, 0.15) is 48.8 Å². The predicted molar refractivity (Wildman–Crippen MR) is 188 cm³/mol. The fraction of sp³-hybridized carbons (Fsp3) is 0.438. The standard InChI is InChI=1S/C32H51N13O5/c33-26(47)17-24(30(50)43-22(8-4-14-40-31(36)37)27(48)25(46)16-19-6-2-1-3-7-19)45-44-23(9-5-15-41-32(38)39)29(49)42-18-20-10-12-21(13-11-20)28(34)35/h1-3,6-7,10-13,22-24,31-32,40-41,44-45H,4-5,8-9,14-18,36-39H2,(H2,33,47)(H3,34,35)(H,42,49)(H,43,50)/t22-,23-,24-/m0/s1. The van der Waals surface area contributed by atoms with Crippen LogP contribution >= 0.6 is 0 Å². The first kappa shape index (κ1) is 41.5. The highest BCUT2D eigenvalue weighted by Crippen LogP contribution is 2.08. The van der Waals surface area contributed by atoms with E-state index in [0.717, 1.165) is 5.56 Å². The van der Waals surface area contributed by atoms with Crippen LogP contribution in [-0.2, 0) is 36.9 Å². The fourth-order valence-corrected chi connectivity index (χ4v) is 4.75. The van der Waals surface area contributed by atoms with Gasteiger partial charge in [-0.15, -0.1) is 0 Å². The van der Waals surface area contributed by atoms with Crippen LogP contribution in [0.15, 0.2) is 54.6 Å². The molecule has 50 heavy (non-hydrogen) atoms. The van der Waals surface area contributed by atoms with Gasteiger partial charge in [-0.3, -0.25) is 40.0 Å². The van der Waals surface area contributed by atoms with Gasteiger partial charge < -0.3 is 45.0 Å². The van der Waals surface area contributed by atoms with Gasteiger partial charge in [0.25, 0.3) is 0 Å². The molecular formula is C32H51N13O5. The highest BCUT2D eigenvalue weighted by Gasteiger charge is 2.31. The Hall–Kier alpha value is -4.66. The van der Waals surface area contributed by atoms with Gasteiger partial charge in [-0.25, -0.2) is 10.9 Å². The lowest BCUT2D eigenvalue weighted by atomic mass is 9.98. The van der Waals surface area contributed by atoms with Crippen LogP contribution in [-0.4, -0.2) is 78.9 Å². The van der Waals surface area contributed by atoms with Gasteiger partial charge in [0.2, 0.25) is 29.3 Å². The first-order valence-electron chi connectivity index (χ1n) is 16.2. The zero-order valence-electron chi connectivity index (χ0n) is 28.0. The topological polar surface area (TPSA) is 337 Å². The number of Topliss-reactive ketones (excluding diaryl/α,β-unsaturated/α-hetero) is 2. The van der Waals surface area contributed by atoms with Gasteiger partial charge in [0.05, 0.1) is 18.5 Å². The van der Waals surface area contributed by atoms with E-state index in [1.165, 1.54) is 0 Å². The highest BCUT2D eigenvalue weighted by atomic mass is 16.2. The van der Waals surface area contributed by atoms with Gasteiger partial charge in [0, 0.05) is 18.5 Å². The van der Waals surface area contributed by atoms with Crippen LogP contribution < -0.4 is 66.5 Å². The van der Waals surface area contributed by atoms with E-state index in [-0.39, 0.29) is 31.6 Å². The number of carbonyl (C=O) groups is 5.